The summed E-state index contributed by atoms with van der Waals surface area (Å²) in [5, 5.41) is 10.2. The van der Waals surface area contributed by atoms with Gasteiger partial charge in [-0.1, -0.05) is 18.5 Å². The second kappa shape index (κ2) is 5.46. The molecule has 1 N–H and O–H groups in total. The first-order valence-corrected chi connectivity index (χ1v) is 8.24. The van der Waals surface area contributed by atoms with Crippen LogP contribution >= 0.6 is 22.9 Å². The number of nitriles is 1. The van der Waals surface area contributed by atoms with Crippen LogP contribution in [0.25, 0.3) is 4.96 Å². The molecule has 0 fully saturated rings. The fraction of sp³-hybridized carbons (Fsp3) is 0.400. The second-order valence-electron chi connectivity index (χ2n) is 3.85. The van der Waals surface area contributed by atoms with Crippen molar-refractivity contribution in [2.24, 2.45) is 0 Å². The van der Waals surface area contributed by atoms with Gasteiger partial charge >= 0.3 is 0 Å². The molecule has 0 spiro atoms. The van der Waals surface area contributed by atoms with Crippen LogP contribution in [-0.4, -0.2) is 23.8 Å². The van der Waals surface area contributed by atoms with Gasteiger partial charge in [0, 0.05) is 17.6 Å². The lowest BCUT2D eigenvalue weighted by molar-refractivity contribution is 0.539. The zero-order valence-electron chi connectivity index (χ0n) is 10.00. The van der Waals surface area contributed by atoms with Crippen LogP contribution in [0.4, 0.5) is 0 Å². The van der Waals surface area contributed by atoms with E-state index < -0.39 is 16.1 Å². The molecule has 102 valence electrons. The summed E-state index contributed by atoms with van der Waals surface area (Å²) in [5.41, 5.74) is 0. The average molecular weight is 319 g/mol. The first kappa shape index (κ1) is 14.3. The molecule has 0 aromatic carbocycles. The van der Waals surface area contributed by atoms with Crippen molar-refractivity contribution in [3.63, 3.8) is 0 Å². The van der Waals surface area contributed by atoms with Crippen LogP contribution in [0.2, 0.25) is 5.15 Å². The van der Waals surface area contributed by atoms with Crippen LogP contribution in [0.15, 0.2) is 16.6 Å². The predicted octanol–water partition coefficient (Wildman–Crippen LogP) is 2.02. The maximum absolute atomic E-state index is 12.3. The van der Waals surface area contributed by atoms with Gasteiger partial charge in [-0.25, -0.2) is 18.1 Å². The van der Waals surface area contributed by atoms with Crippen LogP contribution in [0, 0.1) is 11.3 Å². The van der Waals surface area contributed by atoms with E-state index in [2.05, 4.69) is 9.71 Å². The zero-order chi connectivity index (χ0) is 14.0. The molecule has 0 amide bonds. The van der Waals surface area contributed by atoms with Crippen LogP contribution in [0.3, 0.4) is 0 Å². The Kier molecular flexibility index (Phi) is 4.10. The smallest absolute Gasteiger partial charge is 0.260 e. The topological polar surface area (TPSA) is 87.3 Å². The molecule has 9 heteroatoms. The van der Waals surface area contributed by atoms with Crippen LogP contribution in [0.5, 0.6) is 0 Å². The van der Waals surface area contributed by atoms with Crippen molar-refractivity contribution in [2.45, 2.75) is 30.8 Å². The van der Waals surface area contributed by atoms with Gasteiger partial charge in [0.25, 0.3) is 10.0 Å². The molecule has 0 bridgehead atoms. The largest absolute Gasteiger partial charge is 0.279 e. The average Bonchev–Trinajstić information content (AvgIpc) is 2.87. The molecular weight excluding hydrogens is 308 g/mol. The number of nitrogens with zero attached hydrogens (tertiary/aromatic N) is 3. The monoisotopic (exact) mass is 318 g/mol. The summed E-state index contributed by atoms with van der Waals surface area (Å²) in [6, 6.07) is 1.52. The number of fused-ring (bicyclic) bond motifs is 1. The summed E-state index contributed by atoms with van der Waals surface area (Å²) in [4.78, 5) is 4.49. The standard InChI is InChI=1S/C10H11ClN4O2S2/c1-2-7(3-4-12)14-19(16,17)9-8(11)13-10-15(9)5-6-18-10/h5-7,14H,2-3H2,1H3. The first-order chi connectivity index (χ1) is 8.99. The van der Waals surface area contributed by atoms with E-state index in [1.54, 1.807) is 11.6 Å². The van der Waals surface area contributed by atoms with E-state index in [4.69, 9.17) is 16.9 Å². The van der Waals surface area contributed by atoms with Crippen molar-refractivity contribution in [2.75, 3.05) is 0 Å². The lowest BCUT2D eigenvalue weighted by Crippen LogP contribution is -2.34. The molecule has 2 aromatic rings. The van der Waals surface area contributed by atoms with Crippen LogP contribution < -0.4 is 4.72 Å². The molecule has 0 aliphatic carbocycles. The van der Waals surface area contributed by atoms with E-state index in [0.29, 0.717) is 11.4 Å². The van der Waals surface area contributed by atoms with Crippen molar-refractivity contribution in [1.29, 1.82) is 5.26 Å². The Morgan fingerprint density at radius 3 is 3.05 bits per heavy atom. The molecule has 1 unspecified atom stereocenters. The highest BCUT2D eigenvalue weighted by Crippen LogP contribution is 2.25. The molecule has 2 aromatic heterocycles. The Hall–Kier alpha value is -1.14. The molecule has 0 aliphatic heterocycles. The lowest BCUT2D eigenvalue weighted by Gasteiger charge is -2.13. The lowest BCUT2D eigenvalue weighted by atomic mass is 10.2. The highest BCUT2D eigenvalue weighted by molar-refractivity contribution is 7.89. The summed E-state index contributed by atoms with van der Waals surface area (Å²) in [6.45, 7) is 1.81. The fourth-order valence-electron chi connectivity index (χ4n) is 1.63. The molecule has 2 heterocycles. The quantitative estimate of drug-likeness (QED) is 0.913. The minimum atomic E-state index is -3.80. The first-order valence-electron chi connectivity index (χ1n) is 5.50. The number of halogens is 1. The van der Waals surface area contributed by atoms with Crippen molar-refractivity contribution in [3.05, 3.63) is 16.7 Å². The van der Waals surface area contributed by atoms with Crippen molar-refractivity contribution >= 4 is 37.9 Å². The van der Waals surface area contributed by atoms with Gasteiger partial charge in [-0.15, -0.1) is 11.3 Å². The predicted molar refractivity (Wildman–Crippen MR) is 72.7 cm³/mol. The fourth-order valence-corrected chi connectivity index (χ4v) is 4.41. The molecule has 19 heavy (non-hydrogen) atoms. The summed E-state index contributed by atoms with van der Waals surface area (Å²) in [6.07, 6.45) is 2.23. The maximum atomic E-state index is 12.3. The van der Waals surface area contributed by atoms with Crippen molar-refractivity contribution in [3.8, 4) is 6.07 Å². The number of hydrogen-bond acceptors (Lipinski definition) is 5. The number of imidazole rings is 1. The molecule has 0 saturated heterocycles. The van der Waals surface area contributed by atoms with Gasteiger partial charge in [-0.3, -0.25) is 4.40 Å². The molecular formula is C10H11ClN4O2S2. The van der Waals surface area contributed by atoms with E-state index in [-0.39, 0.29) is 16.6 Å². The zero-order valence-corrected chi connectivity index (χ0v) is 12.4. The molecule has 2 rings (SSSR count). The summed E-state index contributed by atoms with van der Waals surface area (Å²) in [5.74, 6) is 0. The molecule has 1 atom stereocenters. The van der Waals surface area contributed by atoms with E-state index in [9.17, 15) is 8.42 Å². The third-order valence-corrected chi connectivity index (χ3v) is 5.26. The van der Waals surface area contributed by atoms with Gasteiger partial charge in [-0.2, -0.15) is 5.26 Å². The normalized spacial score (nSPS) is 13.5. The van der Waals surface area contributed by atoms with Gasteiger partial charge in [0.2, 0.25) is 0 Å². The number of sulfonamides is 1. The highest BCUT2D eigenvalue weighted by atomic mass is 35.5. The van der Waals surface area contributed by atoms with E-state index in [1.165, 1.54) is 15.7 Å². The number of nitrogens with one attached hydrogen (secondary N) is 1. The molecule has 0 saturated carbocycles. The van der Waals surface area contributed by atoms with Gasteiger partial charge in [-0.05, 0) is 6.42 Å². The molecule has 0 aliphatic rings. The Morgan fingerprint density at radius 1 is 1.68 bits per heavy atom. The van der Waals surface area contributed by atoms with E-state index in [1.807, 2.05) is 13.0 Å². The Labute approximate surface area is 119 Å². The summed E-state index contributed by atoms with van der Waals surface area (Å²) < 4.78 is 28.5. The van der Waals surface area contributed by atoms with Gasteiger partial charge < -0.3 is 0 Å². The van der Waals surface area contributed by atoms with E-state index in [0.717, 1.165) is 0 Å². The van der Waals surface area contributed by atoms with Crippen molar-refractivity contribution < 1.29 is 8.42 Å². The number of thiazole rings is 1. The SMILES string of the molecule is CCC(CC#N)NS(=O)(=O)c1c(Cl)nc2sccn12. The summed E-state index contributed by atoms with van der Waals surface area (Å²) in [7, 11) is -3.80. The van der Waals surface area contributed by atoms with Crippen molar-refractivity contribution in [1.82, 2.24) is 14.1 Å². The van der Waals surface area contributed by atoms with Gasteiger partial charge in [0.1, 0.15) is 0 Å². The molecule has 6 nitrogen and oxygen atoms in total. The Balaban J connectivity index is 2.42. The Bertz CT molecular complexity index is 728. The van der Waals surface area contributed by atoms with Crippen LogP contribution in [0.1, 0.15) is 19.8 Å². The maximum Gasteiger partial charge on any atom is 0.260 e. The third kappa shape index (κ3) is 2.74. The summed E-state index contributed by atoms with van der Waals surface area (Å²) >= 11 is 7.18. The third-order valence-electron chi connectivity index (χ3n) is 2.59. The van der Waals surface area contributed by atoms with Gasteiger partial charge in [0.15, 0.2) is 15.1 Å². The second-order valence-corrected chi connectivity index (χ2v) is 6.71. The number of aromatic nitrogens is 2. The molecule has 0 radical (unpaired) electrons. The minimum absolute atomic E-state index is 0.0637. The highest BCUT2D eigenvalue weighted by Gasteiger charge is 2.27. The number of rotatable bonds is 5. The minimum Gasteiger partial charge on any atom is -0.279 e. The Morgan fingerprint density at radius 2 is 2.42 bits per heavy atom. The van der Waals surface area contributed by atoms with Gasteiger partial charge in [0.05, 0.1) is 12.5 Å². The number of hydrogen-bond donors (Lipinski definition) is 1. The van der Waals surface area contributed by atoms with Crippen LogP contribution in [-0.2, 0) is 10.0 Å². The van der Waals surface area contributed by atoms with E-state index >= 15 is 0 Å².